The van der Waals surface area contributed by atoms with E-state index >= 15 is 0 Å². The number of nitrogens with one attached hydrogen (secondary N) is 2. The van der Waals surface area contributed by atoms with Crippen molar-refractivity contribution in [2.45, 2.75) is 46.1 Å². The summed E-state index contributed by atoms with van der Waals surface area (Å²) in [5, 5.41) is 8.03. The van der Waals surface area contributed by atoms with Crippen molar-refractivity contribution in [3.63, 3.8) is 0 Å². The van der Waals surface area contributed by atoms with Crippen molar-refractivity contribution in [2.75, 3.05) is 34.2 Å². The Hall–Kier alpha value is -0.410. The molecule has 0 spiro atoms. The van der Waals surface area contributed by atoms with Gasteiger partial charge in [-0.15, -0.1) is 35.3 Å². The molecule has 0 amide bonds. The number of halogens is 1. The lowest BCUT2D eigenvalue weighted by Gasteiger charge is -2.32. The van der Waals surface area contributed by atoms with E-state index in [0.29, 0.717) is 12.0 Å². The second kappa shape index (κ2) is 12.9. The van der Waals surface area contributed by atoms with Crippen molar-refractivity contribution in [3.8, 4) is 0 Å². The van der Waals surface area contributed by atoms with Gasteiger partial charge in [0, 0.05) is 43.7 Å². The quantitative estimate of drug-likeness (QED) is 0.333. The molecule has 1 heterocycles. The van der Waals surface area contributed by atoms with E-state index in [0.717, 1.165) is 25.5 Å². The van der Waals surface area contributed by atoms with E-state index in [1.54, 1.807) is 11.3 Å². The average molecular weight is 467 g/mol. The van der Waals surface area contributed by atoms with Crippen LogP contribution < -0.4 is 10.6 Å². The lowest BCUT2D eigenvalue weighted by Crippen LogP contribution is -2.48. The fraction of sp³-hybridized carbons (Fsp3) is 0.765. The third-order valence-electron chi connectivity index (χ3n) is 4.26. The summed E-state index contributed by atoms with van der Waals surface area (Å²) >= 11 is 1.76. The molecular weight excluding hydrogens is 433 g/mol. The number of rotatable bonds is 9. The minimum atomic E-state index is 0. The molecule has 7 heteroatoms. The highest BCUT2D eigenvalue weighted by Gasteiger charge is 2.20. The first-order valence-electron chi connectivity index (χ1n) is 8.54. The molecule has 0 fully saturated rings. The summed E-state index contributed by atoms with van der Waals surface area (Å²) in [6, 6.07) is 0.519. The molecule has 1 aromatic rings. The van der Waals surface area contributed by atoms with Gasteiger partial charge < -0.3 is 15.5 Å². The summed E-state index contributed by atoms with van der Waals surface area (Å²) in [6.07, 6.45) is 5.28. The summed E-state index contributed by atoms with van der Waals surface area (Å²) in [7, 11) is 6.14. The highest BCUT2D eigenvalue weighted by atomic mass is 127. The van der Waals surface area contributed by atoms with Crippen molar-refractivity contribution in [3.05, 3.63) is 16.1 Å². The number of aliphatic imine (C=N–C) groups is 1. The molecule has 0 radical (unpaired) electrons. The minimum absolute atomic E-state index is 0. The summed E-state index contributed by atoms with van der Waals surface area (Å²) in [5.74, 6) is 1.57. The fourth-order valence-electron chi connectivity index (χ4n) is 2.83. The zero-order valence-electron chi connectivity index (χ0n) is 15.9. The molecule has 0 bridgehead atoms. The number of guanidine groups is 1. The zero-order valence-corrected chi connectivity index (χ0v) is 19.1. The van der Waals surface area contributed by atoms with Crippen LogP contribution in [0.15, 0.2) is 11.2 Å². The molecule has 2 N–H and O–H groups in total. The maximum absolute atomic E-state index is 4.39. The van der Waals surface area contributed by atoms with Crippen LogP contribution in [-0.2, 0) is 6.42 Å². The highest BCUT2D eigenvalue weighted by Crippen LogP contribution is 2.16. The van der Waals surface area contributed by atoms with Gasteiger partial charge >= 0.3 is 0 Å². The molecule has 5 nitrogen and oxygen atoms in total. The van der Waals surface area contributed by atoms with Crippen LogP contribution >= 0.6 is 35.3 Å². The third kappa shape index (κ3) is 8.11. The van der Waals surface area contributed by atoms with Crippen LogP contribution in [-0.4, -0.2) is 56.1 Å². The zero-order chi connectivity index (χ0) is 17.2. The molecule has 0 aliphatic rings. The first-order chi connectivity index (χ1) is 11.0. The molecule has 1 rings (SSSR count). The van der Waals surface area contributed by atoms with Crippen LogP contribution in [0.25, 0.3) is 0 Å². The number of hydrogen-bond donors (Lipinski definition) is 2. The normalized spacial score (nSPS) is 13.1. The van der Waals surface area contributed by atoms with Crippen LogP contribution in [0.3, 0.4) is 0 Å². The van der Waals surface area contributed by atoms with Crippen molar-refractivity contribution in [1.29, 1.82) is 0 Å². The Balaban J connectivity index is 0.00000529. The van der Waals surface area contributed by atoms with Crippen molar-refractivity contribution in [1.82, 2.24) is 20.5 Å². The summed E-state index contributed by atoms with van der Waals surface area (Å²) in [6.45, 7) is 8.40. The Morgan fingerprint density at radius 1 is 1.29 bits per heavy atom. The van der Waals surface area contributed by atoms with Gasteiger partial charge in [0.25, 0.3) is 0 Å². The monoisotopic (exact) mass is 467 g/mol. The predicted octanol–water partition coefficient (Wildman–Crippen LogP) is 3.14. The standard InChI is InChI=1S/C17H33N5S.HI/c1-7-14(8-2)15(22(5)6)12-21-17(18-4)19-10-9-16-20-11-13(3)23-16;/h11,14-15H,7-10,12H2,1-6H3,(H2,18,19,21);1H. The Morgan fingerprint density at radius 2 is 1.96 bits per heavy atom. The van der Waals surface area contributed by atoms with Gasteiger partial charge in [-0.2, -0.15) is 0 Å². The van der Waals surface area contributed by atoms with Crippen LogP contribution in [0.1, 0.15) is 36.6 Å². The van der Waals surface area contributed by atoms with Gasteiger partial charge in [0.15, 0.2) is 5.96 Å². The topological polar surface area (TPSA) is 52.6 Å². The SMILES string of the molecule is CCC(CC)C(CNC(=NC)NCCc1ncc(C)s1)N(C)C.I. The molecule has 0 saturated heterocycles. The molecule has 0 saturated carbocycles. The van der Waals surface area contributed by atoms with Crippen molar-refractivity contribution >= 4 is 41.3 Å². The first-order valence-corrected chi connectivity index (χ1v) is 9.35. The van der Waals surface area contributed by atoms with E-state index in [4.69, 9.17) is 0 Å². The molecule has 24 heavy (non-hydrogen) atoms. The number of likely N-dealkylation sites (N-methyl/N-ethyl adjacent to an activating group) is 1. The van der Waals surface area contributed by atoms with Gasteiger partial charge in [0.1, 0.15) is 0 Å². The largest absolute Gasteiger partial charge is 0.356 e. The first kappa shape index (κ1) is 23.6. The van der Waals surface area contributed by atoms with Gasteiger partial charge in [0.2, 0.25) is 0 Å². The minimum Gasteiger partial charge on any atom is -0.356 e. The highest BCUT2D eigenvalue weighted by molar-refractivity contribution is 14.0. The number of aromatic nitrogens is 1. The maximum Gasteiger partial charge on any atom is 0.191 e. The Kier molecular flexibility index (Phi) is 12.7. The van der Waals surface area contributed by atoms with Crippen LogP contribution in [0.5, 0.6) is 0 Å². The van der Waals surface area contributed by atoms with Gasteiger partial charge in [-0.25, -0.2) is 4.98 Å². The number of aryl methyl sites for hydroxylation is 1. The molecular formula is C17H34IN5S. The van der Waals surface area contributed by atoms with E-state index in [9.17, 15) is 0 Å². The predicted molar refractivity (Wildman–Crippen MR) is 117 cm³/mol. The molecule has 1 aromatic heterocycles. The summed E-state index contributed by atoms with van der Waals surface area (Å²) in [5.41, 5.74) is 0. The van der Waals surface area contributed by atoms with E-state index < -0.39 is 0 Å². The molecule has 0 aliphatic carbocycles. The van der Waals surface area contributed by atoms with Crippen molar-refractivity contribution in [2.24, 2.45) is 10.9 Å². The summed E-state index contributed by atoms with van der Waals surface area (Å²) in [4.78, 5) is 12.3. The number of thiazole rings is 1. The lowest BCUT2D eigenvalue weighted by molar-refractivity contribution is 0.200. The van der Waals surface area contributed by atoms with E-state index in [1.165, 1.54) is 22.7 Å². The van der Waals surface area contributed by atoms with Crippen LogP contribution in [0, 0.1) is 12.8 Å². The molecule has 0 aromatic carbocycles. The number of nitrogens with zero attached hydrogens (tertiary/aromatic N) is 3. The second-order valence-electron chi connectivity index (χ2n) is 6.10. The van der Waals surface area contributed by atoms with Gasteiger partial charge in [0.05, 0.1) is 5.01 Å². The van der Waals surface area contributed by atoms with Gasteiger partial charge in [-0.1, -0.05) is 26.7 Å². The van der Waals surface area contributed by atoms with E-state index in [2.05, 4.69) is 60.4 Å². The second-order valence-corrected chi connectivity index (χ2v) is 7.42. The van der Waals surface area contributed by atoms with E-state index in [1.807, 2.05) is 13.2 Å². The lowest BCUT2D eigenvalue weighted by atomic mass is 9.93. The Labute approximate surface area is 168 Å². The van der Waals surface area contributed by atoms with Gasteiger partial charge in [-0.05, 0) is 26.9 Å². The Morgan fingerprint density at radius 3 is 2.42 bits per heavy atom. The molecule has 140 valence electrons. The maximum atomic E-state index is 4.39. The van der Waals surface area contributed by atoms with Crippen molar-refractivity contribution < 1.29 is 0 Å². The van der Waals surface area contributed by atoms with Gasteiger partial charge in [-0.3, -0.25) is 4.99 Å². The average Bonchev–Trinajstić information content (AvgIpc) is 2.94. The third-order valence-corrected chi connectivity index (χ3v) is 5.23. The summed E-state index contributed by atoms with van der Waals surface area (Å²) < 4.78 is 0. The molecule has 1 unspecified atom stereocenters. The fourth-order valence-corrected chi connectivity index (χ4v) is 3.62. The molecule has 1 atom stereocenters. The van der Waals surface area contributed by atoms with Crippen LogP contribution in [0.4, 0.5) is 0 Å². The Bertz CT molecular complexity index is 471. The number of hydrogen-bond acceptors (Lipinski definition) is 4. The van der Waals surface area contributed by atoms with E-state index in [-0.39, 0.29) is 24.0 Å². The smallest absolute Gasteiger partial charge is 0.191 e. The molecule has 0 aliphatic heterocycles. The van der Waals surface area contributed by atoms with Crippen LogP contribution in [0.2, 0.25) is 0 Å².